The van der Waals surface area contributed by atoms with Crippen molar-refractivity contribution in [3.63, 3.8) is 0 Å². The van der Waals surface area contributed by atoms with E-state index in [4.69, 9.17) is 0 Å². The van der Waals surface area contributed by atoms with Crippen LogP contribution in [0.25, 0.3) is 0 Å². The van der Waals surface area contributed by atoms with Crippen LogP contribution in [0.3, 0.4) is 0 Å². The zero-order valence-corrected chi connectivity index (χ0v) is 15.6. The van der Waals surface area contributed by atoms with Crippen molar-refractivity contribution in [3.05, 3.63) is 29.8 Å². The lowest BCUT2D eigenvalue weighted by molar-refractivity contribution is -0.121. The molecule has 24 heavy (non-hydrogen) atoms. The Morgan fingerprint density at radius 2 is 1.79 bits per heavy atom. The van der Waals surface area contributed by atoms with Gasteiger partial charge in [-0.15, -0.1) is 0 Å². The van der Waals surface area contributed by atoms with Gasteiger partial charge in [0.1, 0.15) is 0 Å². The maximum atomic E-state index is 12.1. The third-order valence-electron chi connectivity index (χ3n) is 4.93. The van der Waals surface area contributed by atoms with Crippen molar-refractivity contribution < 1.29 is 13.2 Å². The highest BCUT2D eigenvalue weighted by atomic mass is 32.2. The zero-order valence-electron chi connectivity index (χ0n) is 14.8. The predicted molar refractivity (Wildman–Crippen MR) is 96.5 cm³/mol. The van der Waals surface area contributed by atoms with Crippen LogP contribution in [0, 0.1) is 5.92 Å². The number of hydrogen-bond acceptors (Lipinski definition) is 3. The fourth-order valence-electron chi connectivity index (χ4n) is 3.43. The normalized spacial score (nSPS) is 17.4. The van der Waals surface area contributed by atoms with Gasteiger partial charge in [-0.25, -0.2) is 8.42 Å². The number of benzene rings is 1. The quantitative estimate of drug-likeness (QED) is 0.807. The highest BCUT2D eigenvalue weighted by molar-refractivity contribution is 7.90. The molecule has 1 fully saturated rings. The molecule has 1 N–H and O–H groups in total. The van der Waals surface area contributed by atoms with Gasteiger partial charge < -0.3 is 5.32 Å². The number of carbonyl (C=O) groups is 1. The maximum absolute atomic E-state index is 12.1. The Morgan fingerprint density at radius 3 is 2.38 bits per heavy atom. The van der Waals surface area contributed by atoms with E-state index in [-0.39, 0.29) is 11.9 Å². The summed E-state index contributed by atoms with van der Waals surface area (Å²) in [6.07, 6.45) is 10.6. The Balaban J connectivity index is 1.76. The molecule has 0 aromatic heterocycles. The molecule has 0 heterocycles. The van der Waals surface area contributed by atoms with Crippen LogP contribution in [0.4, 0.5) is 0 Å². The fraction of sp³-hybridized carbons (Fsp3) is 0.632. The summed E-state index contributed by atoms with van der Waals surface area (Å²) in [7, 11) is -3.18. The zero-order chi connectivity index (χ0) is 17.6. The standard InChI is InChI=1S/C19H29NO3S/c1-15(17-11-13-18(14-12-17)24(2,22)23)20-19(21)10-6-9-16-7-4-3-5-8-16/h11-16H,3-10H2,1-2H3,(H,20,21). The second kappa shape index (κ2) is 8.65. The first kappa shape index (κ1) is 19.0. The monoisotopic (exact) mass is 351 g/mol. The van der Waals surface area contributed by atoms with Gasteiger partial charge in [-0.2, -0.15) is 0 Å². The number of amides is 1. The molecule has 0 bridgehead atoms. The van der Waals surface area contributed by atoms with E-state index in [2.05, 4.69) is 5.32 Å². The largest absolute Gasteiger partial charge is 0.350 e. The van der Waals surface area contributed by atoms with Gasteiger partial charge in [0.05, 0.1) is 10.9 Å². The highest BCUT2D eigenvalue weighted by Crippen LogP contribution is 2.27. The summed E-state index contributed by atoms with van der Waals surface area (Å²) >= 11 is 0. The van der Waals surface area contributed by atoms with Crippen LogP contribution in [0.5, 0.6) is 0 Å². The first-order valence-corrected chi connectivity index (χ1v) is 10.8. The van der Waals surface area contributed by atoms with Gasteiger partial charge in [-0.05, 0) is 43.4 Å². The van der Waals surface area contributed by atoms with E-state index in [1.54, 1.807) is 24.3 Å². The van der Waals surface area contributed by atoms with Gasteiger partial charge >= 0.3 is 0 Å². The molecule has 1 aliphatic rings. The third-order valence-corrected chi connectivity index (χ3v) is 6.06. The molecule has 1 amide bonds. The van der Waals surface area contributed by atoms with Crippen molar-refractivity contribution in [1.82, 2.24) is 5.32 Å². The molecule has 0 spiro atoms. The minimum atomic E-state index is -3.18. The number of hydrogen-bond donors (Lipinski definition) is 1. The number of rotatable bonds is 7. The van der Waals surface area contributed by atoms with Gasteiger partial charge in [0.15, 0.2) is 9.84 Å². The van der Waals surface area contributed by atoms with Crippen LogP contribution in [0.1, 0.15) is 69.9 Å². The molecule has 1 unspecified atom stereocenters. The van der Waals surface area contributed by atoms with Crippen molar-refractivity contribution in [1.29, 1.82) is 0 Å². The Bertz CT molecular complexity index is 631. The molecule has 5 heteroatoms. The van der Waals surface area contributed by atoms with Crippen LogP contribution in [0.2, 0.25) is 0 Å². The van der Waals surface area contributed by atoms with Gasteiger partial charge in [-0.1, -0.05) is 44.2 Å². The first-order chi connectivity index (χ1) is 11.4. The Kier molecular flexibility index (Phi) is 6.84. The number of sulfone groups is 1. The number of nitrogens with one attached hydrogen (secondary N) is 1. The summed E-state index contributed by atoms with van der Waals surface area (Å²) in [6, 6.07) is 6.61. The SMILES string of the molecule is CC(NC(=O)CCCC1CCCCC1)c1ccc(S(C)(=O)=O)cc1. The summed E-state index contributed by atoms with van der Waals surface area (Å²) in [6.45, 7) is 1.93. The summed E-state index contributed by atoms with van der Waals surface area (Å²) < 4.78 is 22.9. The maximum Gasteiger partial charge on any atom is 0.220 e. The summed E-state index contributed by atoms with van der Waals surface area (Å²) in [4.78, 5) is 12.4. The minimum absolute atomic E-state index is 0.0745. The van der Waals surface area contributed by atoms with Crippen molar-refractivity contribution in [2.24, 2.45) is 5.92 Å². The molecule has 1 aromatic rings. The van der Waals surface area contributed by atoms with E-state index >= 15 is 0 Å². The molecular weight excluding hydrogens is 322 g/mol. The van der Waals surface area contributed by atoms with E-state index < -0.39 is 9.84 Å². The van der Waals surface area contributed by atoms with Gasteiger partial charge in [0.25, 0.3) is 0 Å². The van der Waals surface area contributed by atoms with Crippen LogP contribution in [0.15, 0.2) is 29.2 Å². The van der Waals surface area contributed by atoms with E-state index in [1.807, 2.05) is 6.92 Å². The molecule has 134 valence electrons. The first-order valence-electron chi connectivity index (χ1n) is 8.95. The molecule has 0 radical (unpaired) electrons. The Hall–Kier alpha value is -1.36. The predicted octanol–water partition coefficient (Wildman–Crippen LogP) is 4.02. The van der Waals surface area contributed by atoms with Crippen molar-refractivity contribution in [2.75, 3.05) is 6.26 Å². The van der Waals surface area contributed by atoms with E-state index in [9.17, 15) is 13.2 Å². The van der Waals surface area contributed by atoms with Gasteiger partial charge in [0, 0.05) is 12.7 Å². The van der Waals surface area contributed by atoms with Crippen molar-refractivity contribution >= 4 is 15.7 Å². The fourth-order valence-corrected chi connectivity index (χ4v) is 4.06. The summed E-state index contributed by atoms with van der Waals surface area (Å²) in [5.41, 5.74) is 0.919. The molecule has 0 saturated heterocycles. The van der Waals surface area contributed by atoms with Crippen LogP contribution >= 0.6 is 0 Å². The second-order valence-electron chi connectivity index (χ2n) is 7.03. The molecule has 1 aromatic carbocycles. The van der Waals surface area contributed by atoms with Crippen LogP contribution in [-0.2, 0) is 14.6 Å². The Morgan fingerprint density at radius 1 is 1.17 bits per heavy atom. The van der Waals surface area contributed by atoms with E-state index in [0.29, 0.717) is 11.3 Å². The lowest BCUT2D eigenvalue weighted by atomic mass is 9.86. The molecular formula is C19H29NO3S. The number of carbonyl (C=O) groups excluding carboxylic acids is 1. The van der Waals surface area contributed by atoms with Crippen molar-refractivity contribution in [2.45, 2.75) is 69.2 Å². The molecule has 0 aliphatic heterocycles. The smallest absolute Gasteiger partial charge is 0.220 e. The molecule has 1 aliphatic carbocycles. The van der Waals surface area contributed by atoms with Crippen molar-refractivity contribution in [3.8, 4) is 0 Å². The summed E-state index contributed by atoms with van der Waals surface area (Å²) in [5.74, 6) is 0.887. The molecule has 4 nitrogen and oxygen atoms in total. The summed E-state index contributed by atoms with van der Waals surface area (Å²) in [5, 5.41) is 3.00. The molecule has 2 rings (SSSR count). The second-order valence-corrected chi connectivity index (χ2v) is 9.04. The van der Waals surface area contributed by atoms with Crippen LogP contribution in [-0.4, -0.2) is 20.6 Å². The highest BCUT2D eigenvalue weighted by Gasteiger charge is 2.15. The van der Waals surface area contributed by atoms with E-state index in [1.165, 1.54) is 38.4 Å². The lowest BCUT2D eigenvalue weighted by Crippen LogP contribution is -2.26. The average molecular weight is 352 g/mol. The third kappa shape index (κ3) is 5.93. The topological polar surface area (TPSA) is 63.2 Å². The molecule has 1 saturated carbocycles. The van der Waals surface area contributed by atoms with Gasteiger partial charge in [-0.3, -0.25) is 4.79 Å². The minimum Gasteiger partial charge on any atom is -0.350 e. The lowest BCUT2D eigenvalue weighted by Gasteiger charge is -2.21. The molecule has 1 atom stereocenters. The van der Waals surface area contributed by atoms with Gasteiger partial charge in [0.2, 0.25) is 5.91 Å². The van der Waals surface area contributed by atoms with E-state index in [0.717, 1.165) is 24.3 Å². The average Bonchev–Trinajstić information content (AvgIpc) is 2.55. The van der Waals surface area contributed by atoms with Crippen LogP contribution < -0.4 is 5.32 Å². The Labute approximate surface area is 146 Å².